The predicted molar refractivity (Wildman–Crippen MR) is 172 cm³/mol. The molecule has 0 unspecified atom stereocenters. The Balaban J connectivity index is 1.75. The van der Waals surface area contributed by atoms with Gasteiger partial charge in [-0.15, -0.1) is 11.8 Å². The number of hydrogen-bond acceptors (Lipinski definition) is 6. The zero-order chi connectivity index (χ0) is 31.7. The topological polar surface area (TPSA) is 96.0 Å². The van der Waals surface area contributed by atoms with Crippen molar-refractivity contribution in [3.8, 4) is 5.75 Å². The van der Waals surface area contributed by atoms with E-state index in [1.807, 2.05) is 13.2 Å². The van der Waals surface area contributed by atoms with E-state index in [1.165, 1.54) is 40.9 Å². The van der Waals surface area contributed by atoms with E-state index in [0.29, 0.717) is 17.7 Å². The van der Waals surface area contributed by atoms with Gasteiger partial charge in [-0.25, -0.2) is 12.8 Å². The molecule has 1 aliphatic carbocycles. The highest BCUT2D eigenvalue weighted by Crippen LogP contribution is 2.33. The summed E-state index contributed by atoms with van der Waals surface area (Å²) in [6.07, 6.45) is 6.03. The van der Waals surface area contributed by atoms with Crippen LogP contribution in [0.2, 0.25) is 0 Å². The normalized spacial score (nSPS) is 14.2. The van der Waals surface area contributed by atoms with Crippen LogP contribution in [0.15, 0.2) is 82.6 Å². The van der Waals surface area contributed by atoms with Crippen LogP contribution < -0.4 is 14.4 Å². The Hall–Kier alpha value is -3.57. The van der Waals surface area contributed by atoms with Gasteiger partial charge in [0.2, 0.25) is 11.8 Å². The number of thioether (sulfide) groups is 1. The fourth-order valence-corrected chi connectivity index (χ4v) is 7.24. The van der Waals surface area contributed by atoms with E-state index in [-0.39, 0.29) is 35.7 Å². The second kappa shape index (κ2) is 15.4. The zero-order valence-electron chi connectivity index (χ0n) is 25.4. The van der Waals surface area contributed by atoms with Gasteiger partial charge in [0, 0.05) is 17.5 Å². The van der Waals surface area contributed by atoms with Gasteiger partial charge in [-0.2, -0.15) is 0 Å². The van der Waals surface area contributed by atoms with Crippen molar-refractivity contribution in [2.75, 3.05) is 23.7 Å². The van der Waals surface area contributed by atoms with Crippen LogP contribution in [-0.4, -0.2) is 56.6 Å². The van der Waals surface area contributed by atoms with Crippen molar-refractivity contribution < 1.29 is 27.1 Å². The SMILES string of the molecule is CCOc1ccccc1N(CC(=O)N(Cc1ccc(F)cc1)[C@H](CC)C(=O)NC1CCCC1)S(=O)(=O)c1ccc(SC)cc1. The third kappa shape index (κ3) is 8.12. The number of nitrogens with one attached hydrogen (secondary N) is 1. The van der Waals surface area contributed by atoms with Gasteiger partial charge in [-0.3, -0.25) is 13.9 Å². The Morgan fingerprint density at radius 3 is 2.27 bits per heavy atom. The summed E-state index contributed by atoms with van der Waals surface area (Å²) in [6, 6.07) is 18.0. The number of nitrogens with zero attached hydrogens (tertiary/aromatic N) is 2. The van der Waals surface area contributed by atoms with Gasteiger partial charge in [-0.05, 0) is 86.5 Å². The smallest absolute Gasteiger partial charge is 0.264 e. The van der Waals surface area contributed by atoms with Crippen LogP contribution >= 0.6 is 11.8 Å². The number of rotatable bonds is 14. The molecule has 2 amide bonds. The maximum atomic E-state index is 14.3. The van der Waals surface area contributed by atoms with E-state index in [0.717, 1.165) is 34.9 Å². The number of halogens is 1. The van der Waals surface area contributed by atoms with Crippen LogP contribution in [0.3, 0.4) is 0 Å². The van der Waals surface area contributed by atoms with Crippen molar-refractivity contribution in [3.63, 3.8) is 0 Å². The Morgan fingerprint density at radius 1 is 1.00 bits per heavy atom. The Morgan fingerprint density at radius 2 is 1.66 bits per heavy atom. The van der Waals surface area contributed by atoms with Gasteiger partial charge in [0.1, 0.15) is 24.2 Å². The van der Waals surface area contributed by atoms with E-state index in [4.69, 9.17) is 4.74 Å². The van der Waals surface area contributed by atoms with Crippen molar-refractivity contribution >= 4 is 39.3 Å². The lowest BCUT2D eigenvalue weighted by Crippen LogP contribution is -2.53. The van der Waals surface area contributed by atoms with E-state index in [2.05, 4.69) is 5.32 Å². The van der Waals surface area contributed by atoms with Gasteiger partial charge >= 0.3 is 0 Å². The number of carbonyl (C=O) groups excluding carboxylic acids is 2. The Labute approximate surface area is 264 Å². The molecule has 44 heavy (non-hydrogen) atoms. The highest BCUT2D eigenvalue weighted by Gasteiger charge is 2.35. The molecule has 0 bridgehead atoms. The first kappa shape index (κ1) is 33.3. The number of anilines is 1. The lowest BCUT2D eigenvalue weighted by Gasteiger charge is -2.34. The molecule has 0 saturated heterocycles. The number of amides is 2. The molecule has 1 N–H and O–H groups in total. The molecule has 11 heteroatoms. The fraction of sp³-hybridized carbons (Fsp3) is 0.394. The molecule has 3 aromatic carbocycles. The number of para-hydroxylation sites is 2. The van der Waals surface area contributed by atoms with Crippen molar-refractivity contribution in [2.45, 2.75) is 74.4 Å². The van der Waals surface area contributed by atoms with Crippen molar-refractivity contribution in [3.05, 3.63) is 84.2 Å². The third-order valence-electron chi connectivity index (χ3n) is 7.71. The molecule has 4 rings (SSSR count). The highest BCUT2D eigenvalue weighted by molar-refractivity contribution is 7.98. The Kier molecular flexibility index (Phi) is 11.7. The summed E-state index contributed by atoms with van der Waals surface area (Å²) in [7, 11) is -4.25. The molecule has 8 nitrogen and oxygen atoms in total. The standard InChI is InChI=1S/C33H40FN3O5S2/c1-4-29(33(39)35-26-10-6-7-11-26)36(22-24-14-16-25(34)17-15-24)32(38)23-37(30-12-8-9-13-31(30)42-5-2)44(40,41)28-20-18-27(43-3)19-21-28/h8-9,12-21,26,29H,4-7,10-11,22-23H2,1-3H3,(H,35,39)/t29-/m1/s1. The van der Waals surface area contributed by atoms with E-state index < -0.39 is 34.3 Å². The molecular weight excluding hydrogens is 602 g/mol. The molecule has 3 aromatic rings. The molecule has 0 heterocycles. The third-order valence-corrected chi connectivity index (χ3v) is 10.2. The summed E-state index contributed by atoms with van der Waals surface area (Å²) in [6.45, 7) is 3.32. The molecule has 0 radical (unpaired) electrons. The lowest BCUT2D eigenvalue weighted by atomic mass is 10.1. The minimum Gasteiger partial charge on any atom is -0.492 e. The molecule has 0 spiro atoms. The minimum absolute atomic E-state index is 0.000872. The van der Waals surface area contributed by atoms with Gasteiger partial charge in [0.15, 0.2) is 0 Å². The molecule has 236 valence electrons. The van der Waals surface area contributed by atoms with Crippen LogP contribution in [-0.2, 0) is 26.2 Å². The van der Waals surface area contributed by atoms with E-state index in [1.54, 1.807) is 55.5 Å². The minimum atomic E-state index is -4.25. The quantitative estimate of drug-likeness (QED) is 0.217. The summed E-state index contributed by atoms with van der Waals surface area (Å²) >= 11 is 1.49. The average Bonchev–Trinajstić information content (AvgIpc) is 3.54. The second-order valence-electron chi connectivity index (χ2n) is 10.7. The molecule has 1 aliphatic rings. The maximum Gasteiger partial charge on any atom is 0.264 e. The first-order chi connectivity index (χ1) is 21.2. The Bertz CT molecular complexity index is 1510. The number of carbonyl (C=O) groups is 2. The summed E-state index contributed by atoms with van der Waals surface area (Å²) in [5.74, 6) is -0.969. The van der Waals surface area contributed by atoms with E-state index >= 15 is 0 Å². The van der Waals surface area contributed by atoms with Gasteiger partial charge in [0.05, 0.1) is 17.2 Å². The molecule has 0 aliphatic heterocycles. The first-order valence-electron chi connectivity index (χ1n) is 14.9. The maximum absolute atomic E-state index is 14.3. The number of ether oxygens (including phenoxy) is 1. The molecule has 0 aromatic heterocycles. The van der Waals surface area contributed by atoms with Crippen molar-refractivity contribution in [2.24, 2.45) is 0 Å². The van der Waals surface area contributed by atoms with Crippen LogP contribution in [0.4, 0.5) is 10.1 Å². The zero-order valence-corrected chi connectivity index (χ0v) is 27.0. The molecule has 1 saturated carbocycles. The van der Waals surface area contributed by atoms with Crippen molar-refractivity contribution in [1.82, 2.24) is 10.2 Å². The first-order valence-corrected chi connectivity index (χ1v) is 17.6. The van der Waals surface area contributed by atoms with Crippen LogP contribution in [0.1, 0.15) is 51.5 Å². The van der Waals surface area contributed by atoms with Crippen LogP contribution in [0.25, 0.3) is 0 Å². The average molecular weight is 642 g/mol. The number of hydrogen-bond donors (Lipinski definition) is 1. The van der Waals surface area contributed by atoms with Gasteiger partial charge in [0.25, 0.3) is 10.0 Å². The monoisotopic (exact) mass is 641 g/mol. The summed E-state index contributed by atoms with van der Waals surface area (Å²) < 4.78 is 49.0. The molecule has 1 fully saturated rings. The largest absolute Gasteiger partial charge is 0.492 e. The number of sulfonamides is 1. The van der Waals surface area contributed by atoms with E-state index in [9.17, 15) is 22.4 Å². The number of benzene rings is 3. The predicted octanol–water partition coefficient (Wildman–Crippen LogP) is 6.01. The summed E-state index contributed by atoms with van der Waals surface area (Å²) in [5, 5.41) is 3.09. The van der Waals surface area contributed by atoms with Gasteiger partial charge < -0.3 is 15.0 Å². The molecular formula is C33H40FN3O5S2. The highest BCUT2D eigenvalue weighted by atomic mass is 32.2. The van der Waals surface area contributed by atoms with Crippen LogP contribution in [0.5, 0.6) is 5.75 Å². The summed E-state index contributed by atoms with van der Waals surface area (Å²) in [5.41, 5.74) is 0.825. The van der Waals surface area contributed by atoms with Crippen molar-refractivity contribution in [1.29, 1.82) is 0 Å². The molecule has 1 atom stereocenters. The van der Waals surface area contributed by atoms with Crippen LogP contribution in [0, 0.1) is 5.82 Å². The fourth-order valence-electron chi connectivity index (χ4n) is 5.40. The second-order valence-corrected chi connectivity index (χ2v) is 13.4. The lowest BCUT2D eigenvalue weighted by molar-refractivity contribution is -0.140. The van der Waals surface area contributed by atoms with Gasteiger partial charge in [-0.1, -0.05) is 44.0 Å². The summed E-state index contributed by atoms with van der Waals surface area (Å²) in [4.78, 5) is 30.2.